The molecule has 1 heterocycles. The smallest absolute Gasteiger partial charge is 0.184 e. The van der Waals surface area contributed by atoms with Crippen LogP contribution in [0.4, 0.5) is 4.39 Å². The number of benzene rings is 2. The third kappa shape index (κ3) is 9.88. The number of ether oxygens (including phenoxy) is 2. The van der Waals surface area contributed by atoms with Gasteiger partial charge in [-0.2, -0.15) is 0 Å². The van der Waals surface area contributed by atoms with Gasteiger partial charge in [0.25, 0.3) is 0 Å². The Kier molecular flexibility index (Phi) is 15.2. The number of halogens is 2. The summed E-state index contributed by atoms with van der Waals surface area (Å²) >= 11 is 0. The fraction of sp³-hybridized carbons (Fsp3) is 0.594. The van der Waals surface area contributed by atoms with E-state index in [1.165, 1.54) is 81.0 Å². The highest BCUT2D eigenvalue weighted by Crippen LogP contribution is 2.37. The Morgan fingerprint density at radius 2 is 1.46 bits per heavy atom. The van der Waals surface area contributed by atoms with Crippen LogP contribution < -0.4 is 33.5 Å². The topological polar surface area (TPSA) is 21.5 Å². The van der Waals surface area contributed by atoms with Crippen LogP contribution in [0, 0.1) is 5.82 Å². The van der Waals surface area contributed by atoms with Gasteiger partial charge >= 0.3 is 0 Å². The number of hydrogen-bond acceptors (Lipinski definition) is 2. The Labute approximate surface area is 241 Å². The van der Waals surface area contributed by atoms with Crippen molar-refractivity contribution in [3.63, 3.8) is 0 Å². The number of methoxy groups -OCH3 is 1. The first kappa shape index (κ1) is 31.6. The van der Waals surface area contributed by atoms with E-state index in [-0.39, 0.29) is 29.8 Å². The third-order valence-corrected chi connectivity index (χ3v) is 7.32. The van der Waals surface area contributed by atoms with E-state index in [1.54, 1.807) is 19.2 Å². The summed E-state index contributed by atoms with van der Waals surface area (Å²) in [4.78, 5) is 0. The molecular formula is C32H47FINO2. The second-order valence-electron chi connectivity index (χ2n) is 10.1. The fourth-order valence-corrected chi connectivity index (χ4v) is 5.23. The van der Waals surface area contributed by atoms with Crippen molar-refractivity contribution in [2.24, 2.45) is 0 Å². The minimum absolute atomic E-state index is 0. The van der Waals surface area contributed by atoms with Gasteiger partial charge in [-0.15, -0.1) is 0 Å². The summed E-state index contributed by atoms with van der Waals surface area (Å²) in [5.74, 6) is 1.60. The molecule has 5 heteroatoms. The van der Waals surface area contributed by atoms with Crippen LogP contribution in [0.1, 0.15) is 108 Å². The molecule has 0 aromatic heterocycles. The van der Waals surface area contributed by atoms with E-state index in [0.29, 0.717) is 0 Å². The van der Waals surface area contributed by atoms with Gasteiger partial charge in [0.2, 0.25) is 0 Å². The molecule has 1 aliphatic heterocycles. The van der Waals surface area contributed by atoms with E-state index < -0.39 is 0 Å². The number of hydrogen-bond donors (Lipinski definition) is 0. The van der Waals surface area contributed by atoms with E-state index in [0.717, 1.165) is 56.0 Å². The number of rotatable bonds is 17. The van der Waals surface area contributed by atoms with Crippen molar-refractivity contribution in [1.29, 1.82) is 0 Å². The van der Waals surface area contributed by atoms with Gasteiger partial charge in [-0.3, -0.25) is 0 Å². The maximum Gasteiger partial charge on any atom is 0.184 e. The Balaban J connectivity index is 0.00000481. The monoisotopic (exact) mass is 623 g/mol. The summed E-state index contributed by atoms with van der Waals surface area (Å²) in [6.07, 6.45) is 15.8. The molecule has 3 nitrogen and oxygen atoms in total. The molecule has 0 unspecified atom stereocenters. The minimum atomic E-state index is -0.179. The van der Waals surface area contributed by atoms with Gasteiger partial charge in [-0.25, -0.2) is 8.97 Å². The van der Waals surface area contributed by atoms with Crippen molar-refractivity contribution < 1.29 is 42.4 Å². The first-order chi connectivity index (χ1) is 17.7. The zero-order valence-corrected chi connectivity index (χ0v) is 25.5. The molecule has 0 bridgehead atoms. The zero-order chi connectivity index (χ0) is 25.6. The van der Waals surface area contributed by atoms with Gasteiger partial charge in [0.05, 0.1) is 13.7 Å². The van der Waals surface area contributed by atoms with Crippen molar-refractivity contribution in [2.45, 2.75) is 104 Å². The Bertz CT molecular complexity index is 958. The van der Waals surface area contributed by atoms with E-state index in [4.69, 9.17) is 9.47 Å². The van der Waals surface area contributed by atoms with Gasteiger partial charge in [0.15, 0.2) is 23.8 Å². The van der Waals surface area contributed by atoms with Crippen LogP contribution >= 0.6 is 0 Å². The lowest BCUT2D eigenvalue weighted by Crippen LogP contribution is -3.00. The molecule has 0 saturated heterocycles. The Hall–Kier alpha value is -1.63. The molecule has 2 aromatic rings. The summed E-state index contributed by atoms with van der Waals surface area (Å²) in [5, 5.41) is 0. The first-order valence-electron chi connectivity index (χ1n) is 14.4. The molecule has 0 aliphatic carbocycles. The first-order valence-corrected chi connectivity index (χ1v) is 14.4. The van der Waals surface area contributed by atoms with Crippen molar-refractivity contribution in [3.05, 3.63) is 58.9 Å². The van der Waals surface area contributed by atoms with Crippen molar-refractivity contribution in [2.75, 3.05) is 20.3 Å². The molecule has 1 aliphatic rings. The molecule has 0 spiro atoms. The van der Waals surface area contributed by atoms with Crippen molar-refractivity contribution in [3.8, 4) is 11.5 Å². The van der Waals surface area contributed by atoms with Crippen LogP contribution in [-0.4, -0.2) is 30.5 Å². The summed E-state index contributed by atoms with van der Waals surface area (Å²) < 4.78 is 28.1. The quantitative estimate of drug-likeness (QED) is 0.132. The lowest BCUT2D eigenvalue weighted by atomic mass is 9.92. The second kappa shape index (κ2) is 17.8. The highest BCUT2D eigenvalue weighted by atomic mass is 127. The van der Waals surface area contributed by atoms with Gasteiger partial charge in [0, 0.05) is 29.5 Å². The number of nitrogens with zero attached hydrogens (tertiary/aromatic N) is 1. The molecule has 0 saturated carbocycles. The molecule has 0 atom stereocenters. The van der Waals surface area contributed by atoms with Crippen LogP contribution in [-0.2, 0) is 13.0 Å². The summed E-state index contributed by atoms with van der Waals surface area (Å²) in [5.41, 5.74) is 5.14. The van der Waals surface area contributed by atoms with E-state index >= 15 is 0 Å². The van der Waals surface area contributed by atoms with Crippen LogP contribution in [0.15, 0.2) is 36.4 Å². The zero-order valence-electron chi connectivity index (χ0n) is 23.3. The van der Waals surface area contributed by atoms with E-state index in [1.807, 2.05) is 12.1 Å². The highest BCUT2D eigenvalue weighted by molar-refractivity contribution is 5.99. The fourth-order valence-electron chi connectivity index (χ4n) is 5.23. The predicted octanol–water partition coefficient (Wildman–Crippen LogP) is 5.50. The summed E-state index contributed by atoms with van der Waals surface area (Å²) in [7, 11) is 1.74. The molecule has 3 rings (SSSR count). The lowest BCUT2D eigenvalue weighted by Gasteiger charge is -2.23. The molecule has 206 valence electrons. The molecule has 0 amide bonds. The predicted molar refractivity (Wildman–Crippen MR) is 148 cm³/mol. The van der Waals surface area contributed by atoms with E-state index in [2.05, 4.69) is 30.6 Å². The van der Waals surface area contributed by atoms with Crippen molar-refractivity contribution >= 4 is 5.71 Å². The highest BCUT2D eigenvalue weighted by Gasteiger charge is 2.29. The third-order valence-electron chi connectivity index (χ3n) is 7.32. The van der Waals surface area contributed by atoms with Crippen molar-refractivity contribution in [1.82, 2.24) is 0 Å². The molecule has 0 N–H and O–H groups in total. The van der Waals surface area contributed by atoms with Gasteiger partial charge in [0.1, 0.15) is 12.4 Å². The van der Waals surface area contributed by atoms with Crippen LogP contribution in [0.3, 0.4) is 0 Å². The normalized spacial score (nSPS) is 12.8. The maximum atomic E-state index is 13.5. The minimum Gasteiger partial charge on any atom is -1.00 e. The van der Waals surface area contributed by atoms with Gasteiger partial charge in [-0.05, 0) is 49.2 Å². The summed E-state index contributed by atoms with van der Waals surface area (Å²) in [6.45, 7) is 7.01. The van der Waals surface area contributed by atoms with Gasteiger partial charge < -0.3 is 33.5 Å². The standard InChI is InChI=1S/C32H47FNO2.HI/c1-4-6-8-10-12-14-24-36-32-29-22-23-34(25-26-16-18-27(33)19-17-26)30(15-13-11-9-7-5-2)28(29)20-21-31(32)35-3;/h16-21H,4-15,22-25H2,1-3H3;1H/q+1;/p-1. The molecule has 2 aromatic carbocycles. The maximum absolute atomic E-state index is 13.5. The number of unbranched alkanes of at least 4 members (excludes halogenated alkanes) is 9. The van der Waals surface area contributed by atoms with E-state index in [9.17, 15) is 4.39 Å². The summed E-state index contributed by atoms with van der Waals surface area (Å²) in [6, 6.07) is 11.3. The Morgan fingerprint density at radius 3 is 2.14 bits per heavy atom. The average molecular weight is 624 g/mol. The molecule has 0 radical (unpaired) electrons. The average Bonchev–Trinajstić information content (AvgIpc) is 2.90. The SMILES string of the molecule is CCCCCCCCOc1c(OC)ccc2c1CC[N+](Cc1ccc(F)cc1)=C2CCCCCCC.[I-]. The molecular weight excluding hydrogens is 576 g/mol. The Morgan fingerprint density at radius 1 is 0.811 bits per heavy atom. The molecule has 37 heavy (non-hydrogen) atoms. The second-order valence-corrected chi connectivity index (χ2v) is 10.1. The molecule has 0 fully saturated rings. The largest absolute Gasteiger partial charge is 1.00 e. The number of fused-ring (bicyclic) bond motifs is 1. The lowest BCUT2D eigenvalue weighted by molar-refractivity contribution is -0.545. The van der Waals surface area contributed by atoms with Gasteiger partial charge in [-0.1, -0.05) is 71.6 Å². The van der Waals surface area contributed by atoms with Crippen LogP contribution in [0.2, 0.25) is 0 Å². The van der Waals surface area contributed by atoms with Crippen LogP contribution in [0.25, 0.3) is 0 Å². The van der Waals surface area contributed by atoms with Crippen LogP contribution in [0.5, 0.6) is 11.5 Å².